The van der Waals surface area contributed by atoms with Crippen molar-refractivity contribution in [3.05, 3.63) is 57.7 Å². The number of ether oxygens (including phenoxy) is 1. The van der Waals surface area contributed by atoms with E-state index in [-0.39, 0.29) is 27.4 Å². The van der Waals surface area contributed by atoms with Crippen LogP contribution in [0.25, 0.3) is 22.3 Å². The number of methoxy groups -OCH3 is 1. The molecule has 0 aliphatic rings. The molecule has 0 bridgehead atoms. The molecule has 1 aromatic heterocycles. The van der Waals surface area contributed by atoms with Crippen LogP contribution in [-0.4, -0.2) is 21.8 Å². The summed E-state index contributed by atoms with van der Waals surface area (Å²) >= 11 is 6.10. The molecule has 3 aromatic rings. The van der Waals surface area contributed by atoms with E-state index < -0.39 is 9.84 Å². The minimum absolute atomic E-state index is 0.115. The largest absolute Gasteiger partial charge is 0.496 e. The number of fused-ring (bicyclic) bond motifs is 1. The Morgan fingerprint density at radius 1 is 1.12 bits per heavy atom. The third kappa shape index (κ3) is 2.90. The van der Waals surface area contributed by atoms with E-state index in [1.54, 1.807) is 18.2 Å². The second-order valence-electron chi connectivity index (χ2n) is 5.23. The van der Waals surface area contributed by atoms with Crippen molar-refractivity contribution < 1.29 is 17.6 Å². The minimum atomic E-state index is -3.38. The van der Waals surface area contributed by atoms with E-state index in [0.717, 1.165) is 6.26 Å². The summed E-state index contributed by atoms with van der Waals surface area (Å²) < 4.78 is 34.4. The van der Waals surface area contributed by atoms with E-state index in [1.165, 1.54) is 31.4 Å². The maximum absolute atomic E-state index is 12.3. The predicted octanol–water partition coefficient (Wildman–Crippen LogP) is 3.53. The summed E-state index contributed by atoms with van der Waals surface area (Å²) in [5, 5.41) is 0.691. The van der Waals surface area contributed by atoms with Gasteiger partial charge in [-0.15, -0.1) is 0 Å². The van der Waals surface area contributed by atoms with Crippen molar-refractivity contribution in [1.29, 1.82) is 0 Å². The minimum Gasteiger partial charge on any atom is -0.496 e. The second kappa shape index (κ2) is 5.96. The molecule has 0 saturated heterocycles. The molecule has 0 spiro atoms. The van der Waals surface area contributed by atoms with Gasteiger partial charge in [0, 0.05) is 12.3 Å². The van der Waals surface area contributed by atoms with Crippen LogP contribution < -0.4 is 10.2 Å². The topological polar surface area (TPSA) is 73.6 Å². The van der Waals surface area contributed by atoms with Crippen LogP contribution in [0, 0.1) is 0 Å². The van der Waals surface area contributed by atoms with E-state index in [2.05, 4.69) is 0 Å². The highest BCUT2D eigenvalue weighted by Crippen LogP contribution is 2.34. The van der Waals surface area contributed by atoms with Crippen LogP contribution >= 0.6 is 11.6 Å². The summed E-state index contributed by atoms with van der Waals surface area (Å²) in [6.07, 6.45) is 1.11. The molecule has 24 heavy (non-hydrogen) atoms. The molecule has 0 unspecified atom stereocenters. The average Bonchev–Trinajstić information content (AvgIpc) is 2.54. The first-order valence-electron chi connectivity index (χ1n) is 6.92. The number of hydrogen-bond acceptors (Lipinski definition) is 5. The van der Waals surface area contributed by atoms with Crippen LogP contribution in [0.3, 0.4) is 0 Å². The molecule has 1 heterocycles. The normalized spacial score (nSPS) is 11.6. The zero-order valence-corrected chi connectivity index (χ0v) is 14.4. The lowest BCUT2D eigenvalue weighted by atomic mass is 10.1. The molecular formula is C17H13ClO5S. The SMILES string of the molecule is COc1cc(S(C)(=O)=O)ccc1-c1cc(=O)c2cccc(Cl)c2o1. The van der Waals surface area contributed by atoms with Crippen molar-refractivity contribution in [3.8, 4) is 17.1 Å². The molecule has 0 atom stereocenters. The lowest BCUT2D eigenvalue weighted by molar-refractivity contribution is 0.413. The van der Waals surface area contributed by atoms with Gasteiger partial charge in [-0.2, -0.15) is 0 Å². The molecule has 3 rings (SSSR count). The second-order valence-corrected chi connectivity index (χ2v) is 7.65. The maximum Gasteiger partial charge on any atom is 0.193 e. The molecule has 7 heteroatoms. The molecule has 0 aliphatic heterocycles. The van der Waals surface area contributed by atoms with Gasteiger partial charge in [0.1, 0.15) is 11.5 Å². The maximum atomic E-state index is 12.3. The zero-order valence-electron chi connectivity index (χ0n) is 12.9. The van der Waals surface area contributed by atoms with Crippen LogP contribution in [0.15, 0.2) is 56.6 Å². The van der Waals surface area contributed by atoms with Gasteiger partial charge in [-0.25, -0.2) is 8.42 Å². The molecule has 0 aliphatic carbocycles. The number of sulfone groups is 1. The fraction of sp³-hybridized carbons (Fsp3) is 0.118. The molecule has 0 amide bonds. The van der Waals surface area contributed by atoms with Gasteiger partial charge in [0.15, 0.2) is 20.8 Å². The first kappa shape index (κ1) is 16.5. The van der Waals surface area contributed by atoms with Gasteiger partial charge in [0.25, 0.3) is 0 Å². The molecular weight excluding hydrogens is 352 g/mol. The Balaban J connectivity index is 2.28. The Labute approximate surface area is 143 Å². The molecule has 2 aromatic carbocycles. The molecule has 0 N–H and O–H groups in total. The molecule has 5 nitrogen and oxygen atoms in total. The Bertz CT molecular complexity index is 1100. The van der Waals surface area contributed by atoms with Gasteiger partial charge in [-0.05, 0) is 30.3 Å². The fourth-order valence-electron chi connectivity index (χ4n) is 2.38. The van der Waals surface area contributed by atoms with Crippen molar-refractivity contribution in [3.63, 3.8) is 0 Å². The van der Waals surface area contributed by atoms with Gasteiger partial charge in [-0.3, -0.25) is 4.79 Å². The Hall–Kier alpha value is -2.31. The monoisotopic (exact) mass is 364 g/mol. The molecule has 0 saturated carbocycles. The first-order chi connectivity index (χ1) is 11.3. The molecule has 124 valence electrons. The van der Waals surface area contributed by atoms with Crippen molar-refractivity contribution in [2.75, 3.05) is 13.4 Å². The standard InChI is InChI=1S/C17H13ClO5S/c1-22-15-8-10(24(2,20)21)6-7-12(15)16-9-14(19)11-4-3-5-13(18)17(11)23-16/h3-9H,1-2H3. The summed E-state index contributed by atoms with van der Waals surface area (Å²) in [6.45, 7) is 0. The third-order valence-corrected chi connectivity index (χ3v) is 4.98. The number of benzene rings is 2. The summed E-state index contributed by atoms with van der Waals surface area (Å²) in [7, 11) is -1.96. The van der Waals surface area contributed by atoms with Crippen molar-refractivity contribution in [2.24, 2.45) is 0 Å². The number of hydrogen-bond donors (Lipinski definition) is 0. The lowest BCUT2D eigenvalue weighted by Gasteiger charge is -2.10. The smallest absolute Gasteiger partial charge is 0.193 e. The number of rotatable bonds is 3. The van der Waals surface area contributed by atoms with E-state index in [0.29, 0.717) is 16.0 Å². The number of para-hydroxylation sites is 1. The molecule has 0 radical (unpaired) electrons. The van der Waals surface area contributed by atoms with E-state index in [4.69, 9.17) is 20.8 Å². The summed E-state index contributed by atoms with van der Waals surface area (Å²) in [4.78, 5) is 12.4. The van der Waals surface area contributed by atoms with Crippen molar-refractivity contribution >= 4 is 32.4 Å². The Morgan fingerprint density at radius 2 is 1.88 bits per heavy atom. The van der Waals surface area contributed by atoms with Gasteiger partial charge in [-0.1, -0.05) is 17.7 Å². The van der Waals surface area contributed by atoms with E-state index >= 15 is 0 Å². The zero-order chi connectivity index (χ0) is 17.5. The van der Waals surface area contributed by atoms with Crippen LogP contribution in [0.4, 0.5) is 0 Å². The highest BCUT2D eigenvalue weighted by Gasteiger charge is 2.16. The average molecular weight is 365 g/mol. The highest BCUT2D eigenvalue weighted by atomic mass is 35.5. The van der Waals surface area contributed by atoms with Gasteiger partial charge in [0.2, 0.25) is 0 Å². The Morgan fingerprint density at radius 3 is 2.54 bits per heavy atom. The summed E-state index contributed by atoms with van der Waals surface area (Å²) in [6, 6.07) is 10.6. The number of halogens is 1. The fourth-order valence-corrected chi connectivity index (χ4v) is 3.23. The van der Waals surface area contributed by atoms with E-state index in [1.807, 2.05) is 0 Å². The van der Waals surface area contributed by atoms with Crippen molar-refractivity contribution in [2.45, 2.75) is 4.90 Å². The van der Waals surface area contributed by atoms with Crippen LogP contribution in [0.5, 0.6) is 5.75 Å². The van der Waals surface area contributed by atoms with Crippen molar-refractivity contribution in [1.82, 2.24) is 0 Å². The molecule has 0 fully saturated rings. The summed E-state index contributed by atoms with van der Waals surface area (Å²) in [5.41, 5.74) is 0.489. The van der Waals surface area contributed by atoms with Gasteiger partial charge < -0.3 is 9.15 Å². The van der Waals surface area contributed by atoms with Gasteiger partial charge >= 0.3 is 0 Å². The highest BCUT2D eigenvalue weighted by molar-refractivity contribution is 7.90. The van der Waals surface area contributed by atoms with Gasteiger partial charge in [0.05, 0.1) is 28.0 Å². The predicted molar refractivity (Wildman–Crippen MR) is 92.6 cm³/mol. The summed E-state index contributed by atoms with van der Waals surface area (Å²) in [5.74, 6) is 0.532. The Kier molecular flexibility index (Phi) is 4.11. The van der Waals surface area contributed by atoms with E-state index in [9.17, 15) is 13.2 Å². The van der Waals surface area contributed by atoms with Crippen LogP contribution in [-0.2, 0) is 9.84 Å². The van der Waals surface area contributed by atoms with Crippen LogP contribution in [0.2, 0.25) is 5.02 Å². The lowest BCUT2D eigenvalue weighted by Crippen LogP contribution is -2.02. The van der Waals surface area contributed by atoms with Crippen LogP contribution in [0.1, 0.15) is 0 Å². The third-order valence-electron chi connectivity index (χ3n) is 3.57. The quantitative estimate of drug-likeness (QED) is 0.710. The first-order valence-corrected chi connectivity index (χ1v) is 9.19.